The number of fused-ring (bicyclic) bond motifs is 5. The molecule has 1 aliphatic heterocycles. The Kier molecular flexibility index (Phi) is 3.20. The van der Waals surface area contributed by atoms with Crippen molar-refractivity contribution in [3.63, 3.8) is 0 Å². The van der Waals surface area contributed by atoms with Crippen LogP contribution in [0.3, 0.4) is 0 Å². The van der Waals surface area contributed by atoms with Gasteiger partial charge in [0.1, 0.15) is 17.2 Å². The molecule has 122 valence electrons. The molecule has 0 atom stereocenters. The lowest BCUT2D eigenvalue weighted by Gasteiger charge is -2.25. The van der Waals surface area contributed by atoms with E-state index in [-0.39, 0.29) is 11.2 Å². The maximum absolute atomic E-state index is 10.6. The van der Waals surface area contributed by atoms with E-state index in [4.69, 9.17) is 9.47 Å². The van der Waals surface area contributed by atoms with Gasteiger partial charge in [0.2, 0.25) is 0 Å². The van der Waals surface area contributed by atoms with Gasteiger partial charge >= 0.3 is 0 Å². The van der Waals surface area contributed by atoms with Gasteiger partial charge in [0.15, 0.2) is 0 Å². The highest BCUT2D eigenvalue weighted by molar-refractivity contribution is 6.03. The summed E-state index contributed by atoms with van der Waals surface area (Å²) in [5, 5.41) is 12.4. The number of methoxy groups -OCH3 is 1. The molecular weight excluding hydrogens is 300 g/mol. The highest BCUT2D eigenvalue weighted by Gasteiger charge is 2.31. The average Bonchev–Trinajstić information content (AvgIpc) is 2.70. The van der Waals surface area contributed by atoms with Crippen LogP contribution in [-0.4, -0.2) is 18.8 Å². The Bertz CT molecular complexity index is 941. The first-order valence-corrected chi connectivity index (χ1v) is 8.08. The molecule has 0 amide bonds. The molecule has 3 heteroatoms. The van der Waals surface area contributed by atoms with E-state index in [1.165, 1.54) is 0 Å². The number of phenols is 1. The zero-order valence-corrected chi connectivity index (χ0v) is 14.1. The summed E-state index contributed by atoms with van der Waals surface area (Å²) < 4.78 is 11.4. The number of hydrogen-bond acceptors (Lipinski definition) is 3. The van der Waals surface area contributed by atoms with E-state index in [2.05, 4.69) is 19.9 Å². The lowest BCUT2D eigenvalue weighted by Crippen LogP contribution is -2.25. The predicted molar refractivity (Wildman–Crippen MR) is 96.1 cm³/mol. The summed E-state index contributed by atoms with van der Waals surface area (Å²) in [5.41, 5.74) is 3.08. The van der Waals surface area contributed by atoms with Crippen molar-refractivity contribution in [1.29, 1.82) is 0 Å². The smallest absolute Gasteiger partial charge is 0.127 e. The van der Waals surface area contributed by atoms with Gasteiger partial charge in [-0.2, -0.15) is 0 Å². The molecule has 0 saturated heterocycles. The zero-order valence-electron chi connectivity index (χ0n) is 14.1. The molecule has 0 aliphatic carbocycles. The first-order valence-electron chi connectivity index (χ1n) is 8.08. The van der Waals surface area contributed by atoms with Crippen molar-refractivity contribution in [1.82, 2.24) is 0 Å². The van der Waals surface area contributed by atoms with E-state index in [9.17, 15) is 5.11 Å². The topological polar surface area (TPSA) is 38.7 Å². The second kappa shape index (κ2) is 5.17. The van der Waals surface area contributed by atoms with Gasteiger partial charge in [-0.15, -0.1) is 0 Å². The van der Waals surface area contributed by atoms with Gasteiger partial charge in [-0.3, -0.25) is 0 Å². The fraction of sp³-hybridized carbons (Fsp3) is 0.238. The monoisotopic (exact) mass is 320 g/mol. The van der Waals surface area contributed by atoms with Gasteiger partial charge in [0, 0.05) is 16.4 Å². The van der Waals surface area contributed by atoms with Crippen molar-refractivity contribution >= 4 is 10.8 Å². The molecule has 24 heavy (non-hydrogen) atoms. The van der Waals surface area contributed by atoms with Gasteiger partial charge in [-0.25, -0.2) is 0 Å². The molecule has 0 unspecified atom stereocenters. The third-order valence-electron chi connectivity index (χ3n) is 4.80. The van der Waals surface area contributed by atoms with Crippen LogP contribution >= 0.6 is 0 Å². The van der Waals surface area contributed by atoms with Crippen LogP contribution < -0.4 is 9.47 Å². The van der Waals surface area contributed by atoms with Crippen molar-refractivity contribution in [3.8, 4) is 28.4 Å². The van der Waals surface area contributed by atoms with Crippen molar-refractivity contribution < 1.29 is 14.6 Å². The Balaban J connectivity index is 2.16. The minimum Gasteiger partial charge on any atom is -0.507 e. The largest absolute Gasteiger partial charge is 0.507 e. The molecule has 0 fully saturated rings. The first-order chi connectivity index (χ1) is 11.5. The third-order valence-corrected chi connectivity index (χ3v) is 4.80. The normalized spacial score (nSPS) is 15.1. The molecule has 0 radical (unpaired) electrons. The SMILES string of the molecule is COc1ccc2c3c(cc(O)c2c1)C(C)(C)COc1ccccc1-3. The molecule has 1 N–H and O–H groups in total. The van der Waals surface area contributed by atoms with Crippen LogP contribution in [0.25, 0.3) is 21.9 Å². The Morgan fingerprint density at radius 2 is 1.83 bits per heavy atom. The zero-order chi connectivity index (χ0) is 16.9. The summed E-state index contributed by atoms with van der Waals surface area (Å²) >= 11 is 0. The quantitative estimate of drug-likeness (QED) is 0.694. The van der Waals surface area contributed by atoms with Crippen LogP contribution in [0.4, 0.5) is 0 Å². The second-order valence-electron chi connectivity index (χ2n) is 6.90. The number of rotatable bonds is 1. The minimum absolute atomic E-state index is 0.208. The van der Waals surface area contributed by atoms with E-state index in [0.29, 0.717) is 6.61 Å². The Morgan fingerprint density at radius 1 is 1.04 bits per heavy atom. The summed E-state index contributed by atoms with van der Waals surface area (Å²) in [6, 6.07) is 15.8. The van der Waals surface area contributed by atoms with Crippen molar-refractivity contribution in [2.24, 2.45) is 0 Å². The maximum atomic E-state index is 10.6. The van der Waals surface area contributed by atoms with Crippen molar-refractivity contribution in [2.45, 2.75) is 19.3 Å². The van der Waals surface area contributed by atoms with E-state index >= 15 is 0 Å². The Hall–Kier alpha value is -2.68. The van der Waals surface area contributed by atoms with Gasteiger partial charge in [0.25, 0.3) is 0 Å². The van der Waals surface area contributed by atoms with Crippen LogP contribution in [0.5, 0.6) is 17.2 Å². The van der Waals surface area contributed by atoms with E-state index in [0.717, 1.165) is 39.0 Å². The number of hydrogen-bond donors (Lipinski definition) is 1. The van der Waals surface area contributed by atoms with Gasteiger partial charge in [-0.1, -0.05) is 32.0 Å². The molecule has 0 spiro atoms. The number of ether oxygens (including phenoxy) is 2. The van der Waals surface area contributed by atoms with E-state index in [1.54, 1.807) is 7.11 Å². The molecule has 1 aliphatic rings. The second-order valence-corrected chi connectivity index (χ2v) is 6.90. The molecule has 0 saturated carbocycles. The van der Waals surface area contributed by atoms with Crippen LogP contribution in [0, 0.1) is 0 Å². The van der Waals surface area contributed by atoms with Crippen LogP contribution in [0.15, 0.2) is 48.5 Å². The van der Waals surface area contributed by atoms with Crippen molar-refractivity contribution in [2.75, 3.05) is 13.7 Å². The fourth-order valence-electron chi connectivity index (χ4n) is 3.47. The summed E-state index contributed by atoms with van der Waals surface area (Å²) in [5.74, 6) is 1.89. The lowest BCUT2D eigenvalue weighted by molar-refractivity contribution is 0.245. The van der Waals surface area contributed by atoms with Crippen LogP contribution in [0.1, 0.15) is 19.4 Å². The highest BCUT2D eigenvalue weighted by atomic mass is 16.5. The molecular formula is C21H20O3. The molecule has 3 aromatic rings. The number of phenolic OH excluding ortho intramolecular Hbond substituents is 1. The number of benzene rings is 3. The van der Waals surface area contributed by atoms with Gasteiger partial charge in [0.05, 0.1) is 13.7 Å². The predicted octanol–water partition coefficient (Wildman–Crippen LogP) is 4.89. The standard InChI is InChI=1S/C21H20O3/c1-21(2)12-24-19-7-5-4-6-15(19)20-14-9-8-13(23-3)10-16(14)18(22)11-17(20)21/h4-11,22H,12H2,1-3H3. The number of aromatic hydroxyl groups is 1. The summed E-state index contributed by atoms with van der Waals surface area (Å²) in [6.45, 7) is 4.86. The molecule has 0 bridgehead atoms. The van der Waals surface area contributed by atoms with Gasteiger partial charge in [-0.05, 0) is 46.8 Å². The summed E-state index contributed by atoms with van der Waals surface area (Å²) in [6.07, 6.45) is 0. The first kappa shape index (κ1) is 14.9. The third kappa shape index (κ3) is 2.12. The van der Waals surface area contributed by atoms with Crippen molar-refractivity contribution in [3.05, 3.63) is 54.1 Å². The molecule has 4 rings (SSSR count). The summed E-state index contributed by atoms with van der Waals surface area (Å²) in [7, 11) is 1.63. The highest BCUT2D eigenvalue weighted by Crippen LogP contribution is 2.47. The van der Waals surface area contributed by atoms with Gasteiger partial charge < -0.3 is 14.6 Å². The van der Waals surface area contributed by atoms with E-state index < -0.39 is 0 Å². The lowest BCUT2D eigenvalue weighted by atomic mass is 9.79. The van der Waals surface area contributed by atoms with Crippen LogP contribution in [0.2, 0.25) is 0 Å². The van der Waals surface area contributed by atoms with E-state index in [1.807, 2.05) is 42.5 Å². The molecule has 1 heterocycles. The Labute approximate surface area is 141 Å². The fourth-order valence-corrected chi connectivity index (χ4v) is 3.47. The minimum atomic E-state index is -0.208. The summed E-state index contributed by atoms with van der Waals surface area (Å²) in [4.78, 5) is 0. The molecule has 3 aromatic carbocycles. The average molecular weight is 320 g/mol. The van der Waals surface area contributed by atoms with Crippen LogP contribution in [-0.2, 0) is 5.41 Å². The maximum Gasteiger partial charge on any atom is 0.127 e. The molecule has 3 nitrogen and oxygen atoms in total. The number of para-hydroxylation sites is 1. The molecule has 0 aromatic heterocycles. The Morgan fingerprint density at radius 3 is 2.62 bits per heavy atom.